The molecule has 2 fully saturated rings. The molecule has 0 heterocycles. The van der Waals surface area contributed by atoms with E-state index in [1.165, 1.54) is 51.4 Å². The molecule has 0 amide bonds. The maximum absolute atomic E-state index is 5.95. The van der Waals surface area contributed by atoms with Crippen molar-refractivity contribution in [1.29, 1.82) is 0 Å². The van der Waals surface area contributed by atoms with Crippen LogP contribution in [0.2, 0.25) is 0 Å². The van der Waals surface area contributed by atoms with E-state index in [-0.39, 0.29) is 0 Å². The lowest BCUT2D eigenvalue weighted by Gasteiger charge is -2.35. The maximum atomic E-state index is 5.95. The lowest BCUT2D eigenvalue weighted by Crippen LogP contribution is -2.46. The van der Waals surface area contributed by atoms with Crippen LogP contribution in [0.15, 0.2) is 0 Å². The first-order valence-electron chi connectivity index (χ1n) is 5.75. The summed E-state index contributed by atoms with van der Waals surface area (Å²) in [6.45, 7) is 0. The highest BCUT2D eigenvalue weighted by atomic mass is 35.5. The van der Waals surface area contributed by atoms with Gasteiger partial charge in [-0.1, -0.05) is 25.7 Å². The van der Waals surface area contributed by atoms with E-state index in [2.05, 4.69) is 5.32 Å². The molecule has 1 N–H and O–H groups in total. The minimum Gasteiger partial charge on any atom is -0.311 e. The number of rotatable bonds is 2. The van der Waals surface area contributed by atoms with Crippen LogP contribution in [0.5, 0.6) is 0 Å². The second-order valence-electron chi connectivity index (χ2n) is 4.62. The van der Waals surface area contributed by atoms with Gasteiger partial charge in [0.25, 0.3) is 0 Å². The van der Waals surface area contributed by atoms with Crippen molar-refractivity contribution in [3.63, 3.8) is 0 Å². The summed E-state index contributed by atoms with van der Waals surface area (Å²) in [6, 6.07) is 1.54. The van der Waals surface area contributed by atoms with Gasteiger partial charge in [-0.05, 0) is 25.7 Å². The van der Waals surface area contributed by atoms with Crippen LogP contribution < -0.4 is 5.32 Å². The van der Waals surface area contributed by atoms with E-state index in [9.17, 15) is 0 Å². The predicted molar refractivity (Wildman–Crippen MR) is 57.3 cm³/mol. The van der Waals surface area contributed by atoms with Gasteiger partial charge >= 0.3 is 0 Å². The van der Waals surface area contributed by atoms with Crippen molar-refractivity contribution in [3.05, 3.63) is 0 Å². The van der Waals surface area contributed by atoms with E-state index in [1.54, 1.807) is 0 Å². The highest BCUT2D eigenvalue weighted by Crippen LogP contribution is 2.27. The Morgan fingerprint density at radius 2 is 1.46 bits per heavy atom. The van der Waals surface area contributed by atoms with Gasteiger partial charge in [0.1, 0.15) is 0 Å². The first-order valence-corrected chi connectivity index (χ1v) is 6.18. The Balaban J connectivity index is 1.67. The molecule has 0 aromatic heterocycles. The molecule has 2 saturated carbocycles. The second-order valence-corrected chi connectivity index (χ2v) is 5.24. The number of nitrogens with one attached hydrogen (secondary N) is 1. The van der Waals surface area contributed by atoms with Gasteiger partial charge in [-0.3, -0.25) is 0 Å². The standard InChI is InChI=1S/C11H20ClN/c12-9-7-11(8-9)13-10-5-3-1-2-4-6-10/h9-11,13H,1-8H2. The molecule has 76 valence electrons. The Morgan fingerprint density at radius 1 is 0.846 bits per heavy atom. The fourth-order valence-electron chi connectivity index (χ4n) is 2.46. The average molecular weight is 202 g/mol. The molecule has 1 nitrogen and oxygen atoms in total. The van der Waals surface area contributed by atoms with Gasteiger partial charge in [0, 0.05) is 17.5 Å². The Hall–Kier alpha value is 0.250. The molecule has 0 bridgehead atoms. The molecule has 0 unspecified atom stereocenters. The SMILES string of the molecule is ClC1CC(NC2CCCCCC2)C1. The van der Waals surface area contributed by atoms with Gasteiger partial charge in [0.2, 0.25) is 0 Å². The third-order valence-corrected chi connectivity index (χ3v) is 3.76. The molecule has 0 aromatic rings. The van der Waals surface area contributed by atoms with Gasteiger partial charge in [0.15, 0.2) is 0 Å². The van der Waals surface area contributed by atoms with Crippen molar-refractivity contribution < 1.29 is 0 Å². The Morgan fingerprint density at radius 3 is 2.00 bits per heavy atom. The summed E-state index contributed by atoms with van der Waals surface area (Å²) in [6.07, 6.45) is 10.9. The van der Waals surface area contributed by atoms with E-state index < -0.39 is 0 Å². The van der Waals surface area contributed by atoms with Crippen molar-refractivity contribution >= 4 is 11.6 Å². The molecule has 2 rings (SSSR count). The summed E-state index contributed by atoms with van der Waals surface area (Å²) in [5.74, 6) is 0. The van der Waals surface area contributed by atoms with Crippen LogP contribution in [0.4, 0.5) is 0 Å². The Labute approximate surface area is 86.2 Å². The Kier molecular flexibility index (Phi) is 3.51. The summed E-state index contributed by atoms with van der Waals surface area (Å²) in [7, 11) is 0. The molecular formula is C11H20ClN. The zero-order chi connectivity index (χ0) is 9.10. The van der Waals surface area contributed by atoms with Crippen molar-refractivity contribution in [3.8, 4) is 0 Å². The summed E-state index contributed by atoms with van der Waals surface area (Å²) in [5.41, 5.74) is 0. The first-order chi connectivity index (χ1) is 6.34. The van der Waals surface area contributed by atoms with Gasteiger partial charge < -0.3 is 5.32 Å². The quantitative estimate of drug-likeness (QED) is 0.535. The lowest BCUT2D eigenvalue weighted by atomic mass is 9.91. The summed E-state index contributed by atoms with van der Waals surface area (Å²) in [4.78, 5) is 0. The fourth-order valence-corrected chi connectivity index (χ4v) is 2.89. The fraction of sp³-hybridized carbons (Fsp3) is 1.00. The molecule has 13 heavy (non-hydrogen) atoms. The number of alkyl halides is 1. The third kappa shape index (κ3) is 2.85. The van der Waals surface area contributed by atoms with E-state index >= 15 is 0 Å². The van der Waals surface area contributed by atoms with E-state index in [1.807, 2.05) is 0 Å². The van der Waals surface area contributed by atoms with Crippen molar-refractivity contribution in [2.75, 3.05) is 0 Å². The first kappa shape index (κ1) is 9.79. The minimum atomic E-state index is 0.461. The molecule has 2 heteroatoms. The monoisotopic (exact) mass is 201 g/mol. The number of hydrogen-bond donors (Lipinski definition) is 1. The second kappa shape index (κ2) is 4.65. The normalized spacial score (nSPS) is 36.7. The van der Waals surface area contributed by atoms with Gasteiger partial charge in [-0.25, -0.2) is 0 Å². The van der Waals surface area contributed by atoms with Crippen molar-refractivity contribution in [1.82, 2.24) is 5.32 Å². The zero-order valence-corrected chi connectivity index (χ0v) is 9.02. The van der Waals surface area contributed by atoms with Crippen LogP contribution in [0.25, 0.3) is 0 Å². The molecule has 2 aliphatic carbocycles. The predicted octanol–water partition coefficient (Wildman–Crippen LogP) is 3.07. The van der Waals surface area contributed by atoms with Gasteiger partial charge in [0.05, 0.1) is 0 Å². The average Bonchev–Trinajstić information content (AvgIpc) is 2.30. The largest absolute Gasteiger partial charge is 0.311 e. The van der Waals surface area contributed by atoms with Gasteiger partial charge in [-0.2, -0.15) is 0 Å². The summed E-state index contributed by atoms with van der Waals surface area (Å²) < 4.78 is 0. The maximum Gasteiger partial charge on any atom is 0.0365 e. The topological polar surface area (TPSA) is 12.0 Å². The zero-order valence-electron chi connectivity index (χ0n) is 8.27. The number of halogens is 1. The summed E-state index contributed by atoms with van der Waals surface area (Å²) >= 11 is 5.95. The molecule has 0 aliphatic heterocycles. The molecule has 0 saturated heterocycles. The van der Waals surface area contributed by atoms with Crippen LogP contribution in [-0.2, 0) is 0 Å². The van der Waals surface area contributed by atoms with E-state index in [0.29, 0.717) is 5.38 Å². The summed E-state index contributed by atoms with van der Waals surface area (Å²) in [5, 5.41) is 4.20. The Bertz CT molecular complexity index is 146. The highest BCUT2D eigenvalue weighted by Gasteiger charge is 2.28. The van der Waals surface area contributed by atoms with Crippen LogP contribution in [-0.4, -0.2) is 17.5 Å². The molecule has 0 atom stereocenters. The van der Waals surface area contributed by atoms with Crippen molar-refractivity contribution in [2.24, 2.45) is 0 Å². The van der Waals surface area contributed by atoms with Gasteiger partial charge in [-0.15, -0.1) is 11.6 Å². The van der Waals surface area contributed by atoms with E-state index in [0.717, 1.165) is 12.1 Å². The van der Waals surface area contributed by atoms with Crippen LogP contribution in [0, 0.1) is 0 Å². The number of hydrogen-bond acceptors (Lipinski definition) is 1. The van der Waals surface area contributed by atoms with Crippen LogP contribution in [0.1, 0.15) is 51.4 Å². The molecule has 2 aliphatic rings. The highest BCUT2D eigenvalue weighted by molar-refractivity contribution is 6.21. The van der Waals surface area contributed by atoms with Crippen LogP contribution in [0.3, 0.4) is 0 Å². The lowest BCUT2D eigenvalue weighted by molar-refractivity contribution is 0.295. The molecular weight excluding hydrogens is 182 g/mol. The smallest absolute Gasteiger partial charge is 0.0365 e. The van der Waals surface area contributed by atoms with Crippen LogP contribution >= 0.6 is 11.6 Å². The molecule has 0 aromatic carbocycles. The molecule has 0 radical (unpaired) electrons. The molecule has 0 spiro atoms. The van der Waals surface area contributed by atoms with E-state index in [4.69, 9.17) is 11.6 Å². The van der Waals surface area contributed by atoms with Crippen molar-refractivity contribution in [2.45, 2.75) is 68.8 Å². The minimum absolute atomic E-state index is 0.461. The third-order valence-electron chi connectivity index (χ3n) is 3.41.